The Balaban J connectivity index is 1.78. The maximum atomic E-state index is 5.80. The standard InChI is InChI=1S/C16H19N3O/c1-17-16-14(6-4-8-18-16)12-19-9-10-20-15-7-3-2-5-13(15)11-19/h2-8H,9-12H2,1H3,(H,17,18). The molecular formula is C16H19N3O. The number of fused-ring (bicyclic) bond motifs is 1. The number of hydrogen-bond acceptors (Lipinski definition) is 4. The predicted octanol–water partition coefficient (Wildman–Crippen LogP) is 2.52. The van der Waals surface area contributed by atoms with Crippen molar-refractivity contribution in [3.05, 3.63) is 53.7 Å². The van der Waals surface area contributed by atoms with E-state index in [1.54, 1.807) is 0 Å². The first-order valence-corrected chi connectivity index (χ1v) is 6.91. The van der Waals surface area contributed by atoms with Gasteiger partial charge < -0.3 is 10.1 Å². The molecule has 0 atom stereocenters. The first kappa shape index (κ1) is 12.9. The van der Waals surface area contributed by atoms with Crippen LogP contribution in [-0.2, 0) is 13.1 Å². The molecule has 0 unspecified atom stereocenters. The van der Waals surface area contributed by atoms with Crippen molar-refractivity contribution in [3.8, 4) is 5.75 Å². The van der Waals surface area contributed by atoms with E-state index in [2.05, 4.69) is 33.4 Å². The molecule has 1 aromatic heterocycles. The quantitative estimate of drug-likeness (QED) is 0.929. The molecule has 1 aliphatic rings. The van der Waals surface area contributed by atoms with Gasteiger partial charge in [0.1, 0.15) is 18.2 Å². The minimum Gasteiger partial charge on any atom is -0.492 e. The van der Waals surface area contributed by atoms with Crippen LogP contribution in [0.1, 0.15) is 11.1 Å². The fourth-order valence-corrected chi connectivity index (χ4v) is 2.55. The van der Waals surface area contributed by atoms with Gasteiger partial charge in [0.2, 0.25) is 0 Å². The number of benzene rings is 1. The van der Waals surface area contributed by atoms with Gasteiger partial charge in [0.25, 0.3) is 0 Å². The van der Waals surface area contributed by atoms with Crippen LogP contribution in [-0.4, -0.2) is 30.1 Å². The minimum absolute atomic E-state index is 0.728. The number of para-hydroxylation sites is 1. The van der Waals surface area contributed by atoms with Gasteiger partial charge in [-0.2, -0.15) is 0 Å². The Morgan fingerprint density at radius 2 is 2.15 bits per heavy atom. The molecule has 0 aliphatic carbocycles. The molecule has 0 saturated heterocycles. The monoisotopic (exact) mass is 269 g/mol. The molecule has 1 N–H and O–H groups in total. The Kier molecular flexibility index (Phi) is 3.83. The minimum atomic E-state index is 0.728. The molecule has 0 amide bonds. The second-order valence-electron chi connectivity index (χ2n) is 4.93. The number of ether oxygens (including phenoxy) is 1. The largest absolute Gasteiger partial charge is 0.492 e. The zero-order valence-corrected chi connectivity index (χ0v) is 11.7. The average molecular weight is 269 g/mol. The Bertz CT molecular complexity index is 585. The molecule has 4 heteroatoms. The molecule has 2 heterocycles. The first-order chi connectivity index (χ1) is 9.86. The molecule has 104 valence electrons. The average Bonchev–Trinajstić information content (AvgIpc) is 2.69. The third kappa shape index (κ3) is 2.75. The van der Waals surface area contributed by atoms with E-state index in [9.17, 15) is 0 Å². The lowest BCUT2D eigenvalue weighted by atomic mass is 10.1. The van der Waals surface area contributed by atoms with Gasteiger partial charge >= 0.3 is 0 Å². The lowest BCUT2D eigenvalue weighted by Gasteiger charge is -2.20. The molecule has 1 aromatic carbocycles. The Morgan fingerprint density at radius 1 is 1.25 bits per heavy atom. The second-order valence-corrected chi connectivity index (χ2v) is 4.93. The van der Waals surface area contributed by atoms with Gasteiger partial charge in [-0.1, -0.05) is 24.3 Å². The zero-order valence-electron chi connectivity index (χ0n) is 11.7. The van der Waals surface area contributed by atoms with E-state index in [4.69, 9.17) is 4.74 Å². The molecule has 0 bridgehead atoms. The number of pyridine rings is 1. The summed E-state index contributed by atoms with van der Waals surface area (Å²) in [7, 11) is 1.91. The smallest absolute Gasteiger partial charge is 0.130 e. The van der Waals surface area contributed by atoms with Gasteiger partial charge in [-0.25, -0.2) is 4.98 Å². The van der Waals surface area contributed by atoms with Gasteiger partial charge in [0.15, 0.2) is 0 Å². The van der Waals surface area contributed by atoms with E-state index in [1.807, 2.05) is 31.4 Å². The molecule has 0 radical (unpaired) electrons. The summed E-state index contributed by atoms with van der Waals surface area (Å²) in [6, 6.07) is 12.4. The zero-order chi connectivity index (χ0) is 13.8. The van der Waals surface area contributed by atoms with Crippen LogP contribution in [0.5, 0.6) is 5.75 Å². The first-order valence-electron chi connectivity index (χ1n) is 6.91. The van der Waals surface area contributed by atoms with Crippen molar-refractivity contribution in [1.82, 2.24) is 9.88 Å². The Morgan fingerprint density at radius 3 is 3.05 bits per heavy atom. The van der Waals surface area contributed by atoms with Crippen LogP contribution in [0.2, 0.25) is 0 Å². The molecule has 3 rings (SSSR count). The third-order valence-corrected chi connectivity index (χ3v) is 3.55. The highest BCUT2D eigenvalue weighted by molar-refractivity contribution is 5.43. The fourth-order valence-electron chi connectivity index (χ4n) is 2.55. The summed E-state index contributed by atoms with van der Waals surface area (Å²) in [5.41, 5.74) is 2.47. The predicted molar refractivity (Wildman–Crippen MR) is 79.8 cm³/mol. The van der Waals surface area contributed by atoms with E-state index < -0.39 is 0 Å². The summed E-state index contributed by atoms with van der Waals surface area (Å²) in [5.74, 6) is 1.96. The van der Waals surface area contributed by atoms with Gasteiger partial charge in [0.05, 0.1) is 0 Å². The van der Waals surface area contributed by atoms with Crippen molar-refractivity contribution in [2.24, 2.45) is 0 Å². The summed E-state index contributed by atoms with van der Waals surface area (Å²) in [6.07, 6.45) is 1.82. The van der Waals surface area contributed by atoms with Crippen molar-refractivity contribution in [3.63, 3.8) is 0 Å². The van der Waals surface area contributed by atoms with E-state index >= 15 is 0 Å². The molecule has 0 spiro atoms. The lowest BCUT2D eigenvalue weighted by molar-refractivity contribution is 0.220. The Labute approximate surface area is 119 Å². The Hall–Kier alpha value is -2.07. The number of aromatic nitrogens is 1. The van der Waals surface area contributed by atoms with Gasteiger partial charge in [-0.15, -0.1) is 0 Å². The number of nitrogens with zero attached hydrogens (tertiary/aromatic N) is 2. The number of rotatable bonds is 3. The second kappa shape index (κ2) is 5.92. The fraction of sp³-hybridized carbons (Fsp3) is 0.312. The van der Waals surface area contributed by atoms with Crippen molar-refractivity contribution in [2.45, 2.75) is 13.1 Å². The number of anilines is 1. The van der Waals surface area contributed by atoms with Crippen LogP contribution in [0.15, 0.2) is 42.6 Å². The summed E-state index contributed by atoms with van der Waals surface area (Å²) < 4.78 is 5.80. The molecule has 0 fully saturated rings. The van der Waals surface area contributed by atoms with E-state index in [0.29, 0.717) is 0 Å². The SMILES string of the molecule is CNc1ncccc1CN1CCOc2ccccc2C1. The lowest BCUT2D eigenvalue weighted by Crippen LogP contribution is -2.25. The van der Waals surface area contributed by atoms with Crippen LogP contribution >= 0.6 is 0 Å². The van der Waals surface area contributed by atoms with Crippen molar-refractivity contribution < 1.29 is 4.74 Å². The maximum Gasteiger partial charge on any atom is 0.130 e. The topological polar surface area (TPSA) is 37.4 Å². The highest BCUT2D eigenvalue weighted by Gasteiger charge is 2.16. The third-order valence-electron chi connectivity index (χ3n) is 3.55. The van der Waals surface area contributed by atoms with Crippen LogP contribution in [0.3, 0.4) is 0 Å². The molecule has 4 nitrogen and oxygen atoms in total. The molecule has 20 heavy (non-hydrogen) atoms. The van der Waals surface area contributed by atoms with Gasteiger partial charge in [-0.3, -0.25) is 4.90 Å². The van der Waals surface area contributed by atoms with Gasteiger partial charge in [-0.05, 0) is 12.1 Å². The van der Waals surface area contributed by atoms with Crippen molar-refractivity contribution in [1.29, 1.82) is 0 Å². The molecular weight excluding hydrogens is 250 g/mol. The van der Waals surface area contributed by atoms with Crippen LogP contribution in [0.25, 0.3) is 0 Å². The maximum absolute atomic E-state index is 5.80. The summed E-state index contributed by atoms with van der Waals surface area (Å²) >= 11 is 0. The molecule has 1 aliphatic heterocycles. The highest BCUT2D eigenvalue weighted by atomic mass is 16.5. The number of hydrogen-bond donors (Lipinski definition) is 1. The van der Waals surface area contributed by atoms with Crippen LogP contribution < -0.4 is 10.1 Å². The van der Waals surface area contributed by atoms with E-state index in [1.165, 1.54) is 11.1 Å². The van der Waals surface area contributed by atoms with E-state index in [0.717, 1.165) is 37.8 Å². The van der Waals surface area contributed by atoms with Crippen LogP contribution in [0.4, 0.5) is 5.82 Å². The normalized spacial score (nSPS) is 15.1. The number of nitrogens with one attached hydrogen (secondary N) is 1. The summed E-state index contributed by atoms with van der Waals surface area (Å²) in [4.78, 5) is 6.75. The molecule has 0 saturated carbocycles. The van der Waals surface area contributed by atoms with Crippen molar-refractivity contribution >= 4 is 5.82 Å². The van der Waals surface area contributed by atoms with Crippen molar-refractivity contribution in [2.75, 3.05) is 25.5 Å². The van der Waals surface area contributed by atoms with Crippen LogP contribution in [0, 0.1) is 0 Å². The highest BCUT2D eigenvalue weighted by Crippen LogP contribution is 2.24. The van der Waals surface area contributed by atoms with Gasteiger partial charge in [0, 0.05) is 44.0 Å². The summed E-state index contributed by atoms with van der Waals surface area (Å²) in [5, 5.41) is 3.15. The molecule has 2 aromatic rings. The van der Waals surface area contributed by atoms with E-state index in [-0.39, 0.29) is 0 Å². The summed E-state index contributed by atoms with van der Waals surface area (Å²) in [6.45, 7) is 3.44.